The van der Waals surface area contributed by atoms with Crippen LogP contribution in [0.15, 0.2) is 231 Å². The summed E-state index contributed by atoms with van der Waals surface area (Å²) in [5, 5.41) is 15.1. The Bertz CT molecular complexity index is 6320. The number of ether oxygens (including phenoxy) is 4. The van der Waals surface area contributed by atoms with Gasteiger partial charge in [0.1, 0.15) is 72.7 Å². The van der Waals surface area contributed by atoms with Gasteiger partial charge in [-0.05, 0) is 161 Å². The van der Waals surface area contributed by atoms with E-state index in [2.05, 4.69) is 97.0 Å². The zero-order valence-corrected chi connectivity index (χ0v) is 79.8. The van der Waals surface area contributed by atoms with Gasteiger partial charge >= 0.3 is 24.1 Å². The molecule has 32 nitrogen and oxygen atoms in total. The van der Waals surface area contributed by atoms with E-state index in [-0.39, 0.29) is 53.8 Å². The third-order valence-corrected chi connectivity index (χ3v) is 26.1. The number of carbonyl (C=O) groups excluding carboxylic acids is 4. The van der Waals surface area contributed by atoms with Crippen molar-refractivity contribution in [2.45, 2.75) is 83.6 Å². The van der Waals surface area contributed by atoms with Crippen molar-refractivity contribution < 1.29 is 38.1 Å². The Morgan fingerprint density at radius 2 is 0.556 bits per heavy atom. The first-order chi connectivity index (χ1) is 67.1. The summed E-state index contributed by atoms with van der Waals surface area (Å²) in [6.07, 6.45) is 22.4. The molecule has 10 aliphatic rings. The van der Waals surface area contributed by atoms with E-state index in [1.807, 2.05) is 198 Å². The average molecular weight is 2000 g/mol. The number of para-hydroxylation sites is 4. The number of rotatable bonds is 6. The van der Waals surface area contributed by atoms with Crippen LogP contribution < -0.4 is 89.2 Å². The van der Waals surface area contributed by atoms with Crippen molar-refractivity contribution >= 4 is 174 Å². The molecule has 2 saturated heterocycles. The number of fused-ring (bicyclic) bond motifs is 12. The second-order valence-electron chi connectivity index (χ2n) is 34.3. The highest BCUT2D eigenvalue weighted by Gasteiger charge is 2.40. The van der Waals surface area contributed by atoms with Gasteiger partial charge in [0.05, 0.1) is 80.4 Å². The fourth-order valence-electron chi connectivity index (χ4n) is 17.8. The highest BCUT2D eigenvalue weighted by Crippen LogP contribution is 2.45. The summed E-state index contributed by atoms with van der Waals surface area (Å²) in [5.41, 5.74) is 15.3. The number of carbonyl (C=O) groups is 4. The lowest BCUT2D eigenvalue weighted by atomic mass is 10.1. The number of aromatic nitrogens is 8. The smallest absolute Gasteiger partial charge is 0.330 e. The number of amides is 8. The molecule has 14 heterocycles. The van der Waals surface area contributed by atoms with Crippen LogP contribution in [0.4, 0.5) is 123 Å². The number of urea groups is 4. The summed E-state index contributed by atoms with van der Waals surface area (Å²) >= 11 is 26.0. The number of hydrogen-bond donors (Lipinski definition) is 4. The molecule has 0 saturated carbocycles. The molecule has 36 heteroatoms. The maximum atomic E-state index is 13.8. The molecule has 16 bridgehead atoms. The van der Waals surface area contributed by atoms with Crippen molar-refractivity contribution in [1.82, 2.24) is 49.7 Å². The molecule has 0 spiro atoms. The van der Waals surface area contributed by atoms with E-state index in [0.29, 0.717) is 169 Å². The summed E-state index contributed by atoms with van der Waals surface area (Å²) < 4.78 is 24.0. The van der Waals surface area contributed by atoms with Crippen molar-refractivity contribution in [3.05, 3.63) is 296 Å². The normalized spacial score (nSPS) is 17.1. The van der Waals surface area contributed by atoms with Gasteiger partial charge in [-0.2, -0.15) is 19.9 Å². The summed E-state index contributed by atoms with van der Waals surface area (Å²) in [4.78, 5) is 114. The highest BCUT2D eigenvalue weighted by molar-refractivity contribution is 6.36. The van der Waals surface area contributed by atoms with E-state index < -0.39 is 0 Å². The fraction of sp³-hybridized carbons (Fsp3) is 0.283. The van der Waals surface area contributed by atoms with Crippen LogP contribution in [0.2, 0.25) is 20.1 Å². The Kier molecular flexibility index (Phi) is 32.3. The van der Waals surface area contributed by atoms with Gasteiger partial charge in [0, 0.05) is 173 Å². The molecule has 736 valence electrons. The van der Waals surface area contributed by atoms with Crippen LogP contribution in [0.5, 0.6) is 23.0 Å². The Morgan fingerprint density at radius 1 is 0.296 bits per heavy atom. The monoisotopic (exact) mass is 1990 g/mol. The summed E-state index contributed by atoms with van der Waals surface area (Å²) in [6.45, 7) is 19.9. The highest BCUT2D eigenvalue weighted by atomic mass is 35.5. The van der Waals surface area contributed by atoms with Crippen molar-refractivity contribution in [2.24, 2.45) is 0 Å². The van der Waals surface area contributed by atoms with Gasteiger partial charge < -0.3 is 59.8 Å². The largest absolute Gasteiger partial charge is 0.489 e. The Hall–Kier alpha value is -14.8. The number of halogens is 4. The average Bonchev–Trinajstić information content (AvgIpc) is 0.845. The van der Waals surface area contributed by atoms with Crippen molar-refractivity contribution in [3.8, 4) is 23.0 Å². The maximum Gasteiger partial charge on any atom is 0.330 e. The first-order valence-corrected chi connectivity index (χ1v) is 47.0. The molecule has 10 aliphatic heterocycles. The SMILES string of the molecule is C.C.C.C.Cc1cccc(Cl)c1N1Cc2cnc3nc2N(C/C=C/COc2cc(ccc2N2CCN(C)CC2)N3)C1=O.Cc1cccc(Cl)c1N1Cc2cnc3nc2N(C/C=C/COc2cccc(c2)N3)C1=O.Cc1cccc(Cl)c1N1Cc2cnc3nc2N(C/C=C\COc2cc(ccc2N2CCN(C)CC2)N3)C1=O.Cc1cccc(Cl)c1N1Cc2cnc3nc2N(C/C=C\COc2cccc(c2)N3)C1=O. The summed E-state index contributed by atoms with van der Waals surface area (Å²) in [6, 6.07) is 49.2. The van der Waals surface area contributed by atoms with Crippen LogP contribution in [0.3, 0.4) is 0 Å². The molecule has 8 aromatic carbocycles. The molecule has 8 amide bonds. The predicted molar refractivity (Wildman–Crippen MR) is 572 cm³/mol. The molecule has 0 aliphatic carbocycles. The molecule has 0 atom stereocenters. The molecule has 22 rings (SSSR count). The Morgan fingerprint density at radius 3 is 0.831 bits per heavy atom. The zero-order chi connectivity index (χ0) is 95.2. The number of nitrogens with zero attached hydrogens (tertiary/aromatic N) is 20. The number of hydrogen-bond acceptors (Lipinski definition) is 24. The van der Waals surface area contributed by atoms with Crippen LogP contribution in [-0.4, -0.2) is 193 Å². The standard InChI is InChI=1S/2C28H30ClN7O2.2C23H20ClN5O2.4CH4/c2*1-19-6-5-7-22(29)25(19)36-18-20-17-30-27-31-21-8-9-23(34-13-11-33(2)12-14-34)24(16-21)38-15-4-3-10-35(28(36)37)26(20)32-27;2*1-15-6-4-9-19(24)20(15)29-14-16-13-25-22-26-17-7-5-8-18(12-17)31-11-3-2-10-28(23(29)30)21(16)27-22;;;;/h2*3-9,16-17H,10-15,18H2,1-2H3,(H,30,31,32);2*2-9,12-13H,10-11,14H2,1H3,(H,25,26,27);4*1H4/b4-3+;4-3-;3-2+;3-2-;;;;. The number of aryl methyl sites for hydroxylation is 4. The van der Waals surface area contributed by atoms with E-state index >= 15 is 0 Å². The number of nitrogens with one attached hydrogen (secondary N) is 4. The third-order valence-electron chi connectivity index (χ3n) is 24.9. The molecule has 4 N–H and O–H groups in total. The van der Waals surface area contributed by atoms with Crippen LogP contribution in [0, 0.1) is 27.7 Å². The predicted octanol–water partition coefficient (Wildman–Crippen LogP) is 22.4. The summed E-state index contributed by atoms with van der Waals surface area (Å²) in [7, 11) is 4.29. The molecular weight excluding hydrogens is 1880 g/mol. The van der Waals surface area contributed by atoms with E-state index in [9.17, 15) is 19.2 Å². The zero-order valence-electron chi connectivity index (χ0n) is 76.8. The maximum absolute atomic E-state index is 13.8. The van der Waals surface area contributed by atoms with Crippen LogP contribution in [0.25, 0.3) is 0 Å². The van der Waals surface area contributed by atoms with E-state index in [1.165, 1.54) is 0 Å². The molecule has 4 aromatic heterocycles. The fourth-order valence-corrected chi connectivity index (χ4v) is 19.1. The number of likely N-dealkylation sites (N-methyl/N-ethyl adjacent to an activating group) is 2. The van der Waals surface area contributed by atoms with Crippen molar-refractivity contribution in [1.29, 1.82) is 0 Å². The van der Waals surface area contributed by atoms with Gasteiger partial charge in [0.2, 0.25) is 23.8 Å². The second kappa shape index (κ2) is 45.2. The molecule has 0 radical (unpaired) electrons. The first-order valence-electron chi connectivity index (χ1n) is 45.5. The lowest BCUT2D eigenvalue weighted by Crippen LogP contribution is -2.48. The van der Waals surface area contributed by atoms with Crippen molar-refractivity contribution in [2.75, 3.05) is 189 Å². The molecule has 2 fully saturated rings. The number of piperazine rings is 2. The van der Waals surface area contributed by atoms with Crippen LogP contribution >= 0.6 is 46.4 Å². The molecule has 12 aromatic rings. The molecule has 0 unspecified atom stereocenters. The first kappa shape index (κ1) is 102. The number of anilines is 18. The minimum atomic E-state index is -0.186. The lowest BCUT2D eigenvalue weighted by Gasteiger charge is -2.36. The van der Waals surface area contributed by atoms with Gasteiger partial charge in [0.15, 0.2) is 0 Å². The molecular formula is C106H116Cl4N24O8. The van der Waals surface area contributed by atoms with Gasteiger partial charge in [-0.1, -0.05) is 161 Å². The topological polar surface area (TPSA) is 295 Å². The lowest BCUT2D eigenvalue weighted by molar-refractivity contribution is 0.249. The summed E-state index contributed by atoms with van der Waals surface area (Å²) in [5.74, 6) is 7.12. The van der Waals surface area contributed by atoms with E-state index in [1.54, 1.807) is 88.3 Å². The quantitative estimate of drug-likeness (QED) is 0.112. The van der Waals surface area contributed by atoms with Crippen LogP contribution in [-0.2, 0) is 26.2 Å². The Balaban J connectivity index is 0.000000142. The minimum absolute atomic E-state index is 0. The third kappa shape index (κ3) is 22.2. The second-order valence-corrected chi connectivity index (χ2v) is 36.0. The van der Waals surface area contributed by atoms with Gasteiger partial charge in [0.25, 0.3) is 0 Å². The van der Waals surface area contributed by atoms with Gasteiger partial charge in [-0.15, -0.1) is 0 Å². The van der Waals surface area contributed by atoms with Gasteiger partial charge in [-0.3, -0.25) is 39.2 Å². The van der Waals surface area contributed by atoms with Crippen molar-refractivity contribution in [3.63, 3.8) is 0 Å². The van der Waals surface area contributed by atoms with Crippen LogP contribution in [0.1, 0.15) is 74.2 Å². The van der Waals surface area contributed by atoms with E-state index in [0.717, 1.165) is 154 Å². The minimum Gasteiger partial charge on any atom is -0.489 e. The Labute approximate surface area is 848 Å². The van der Waals surface area contributed by atoms with Gasteiger partial charge in [-0.25, -0.2) is 39.1 Å². The molecule has 142 heavy (non-hydrogen) atoms. The van der Waals surface area contributed by atoms with E-state index in [4.69, 9.17) is 75.3 Å². The number of benzene rings is 8.